The average Bonchev–Trinajstić information content (AvgIpc) is 2.66. The lowest BCUT2D eigenvalue weighted by molar-refractivity contribution is -0.123. The fraction of sp³-hybridized carbons (Fsp3) is 0.182. The maximum absolute atomic E-state index is 12.0. The normalized spacial score (nSPS) is 11.2. The number of hydrogen-bond donors (Lipinski definition) is 1. The first-order valence-corrected chi connectivity index (χ1v) is 8.66. The summed E-state index contributed by atoms with van der Waals surface area (Å²) in [5, 5.41) is 6.29. The Kier molecular flexibility index (Phi) is 5.64. The first-order valence-electron chi connectivity index (χ1n) is 8.66. The third kappa shape index (κ3) is 4.28. The van der Waals surface area contributed by atoms with Crippen LogP contribution in [-0.4, -0.2) is 18.7 Å². The summed E-state index contributed by atoms with van der Waals surface area (Å²) in [6, 6.07) is 21.8. The summed E-state index contributed by atoms with van der Waals surface area (Å²) >= 11 is 0. The number of ether oxygens (including phenoxy) is 1. The molecule has 0 aromatic heterocycles. The number of nitrogens with zero attached hydrogens (tertiary/aromatic N) is 1. The number of hydrogen-bond acceptors (Lipinski definition) is 3. The molecule has 0 bridgehead atoms. The first kappa shape index (κ1) is 17.7. The van der Waals surface area contributed by atoms with Crippen LogP contribution in [0.5, 0.6) is 5.75 Å². The van der Waals surface area contributed by atoms with Crippen molar-refractivity contribution in [2.75, 3.05) is 6.61 Å². The molecule has 0 aliphatic heterocycles. The van der Waals surface area contributed by atoms with Gasteiger partial charge in [0.15, 0.2) is 6.61 Å². The molecule has 3 aromatic carbocycles. The summed E-state index contributed by atoms with van der Waals surface area (Å²) in [4.78, 5) is 12.0. The SMILES string of the molecule is CC(C)c1ccccc1OCC(=O)NN=Cc1cccc2ccccc12. The molecule has 26 heavy (non-hydrogen) atoms. The fourth-order valence-corrected chi connectivity index (χ4v) is 2.80. The number of rotatable bonds is 6. The molecule has 0 spiro atoms. The topological polar surface area (TPSA) is 50.7 Å². The Balaban J connectivity index is 1.60. The molecule has 4 nitrogen and oxygen atoms in total. The van der Waals surface area contributed by atoms with Crippen LogP contribution in [0.3, 0.4) is 0 Å². The van der Waals surface area contributed by atoms with Crippen LogP contribution in [0.4, 0.5) is 0 Å². The van der Waals surface area contributed by atoms with Gasteiger partial charge in [0.1, 0.15) is 5.75 Å². The van der Waals surface area contributed by atoms with Crippen molar-refractivity contribution < 1.29 is 9.53 Å². The molecule has 1 amide bonds. The molecule has 0 aliphatic rings. The van der Waals surface area contributed by atoms with Gasteiger partial charge in [-0.2, -0.15) is 5.10 Å². The van der Waals surface area contributed by atoms with E-state index in [0.717, 1.165) is 27.6 Å². The Morgan fingerprint density at radius 2 is 1.77 bits per heavy atom. The van der Waals surface area contributed by atoms with E-state index >= 15 is 0 Å². The van der Waals surface area contributed by atoms with E-state index in [4.69, 9.17) is 4.74 Å². The van der Waals surface area contributed by atoms with Crippen LogP contribution >= 0.6 is 0 Å². The molecule has 0 heterocycles. The molecule has 0 unspecified atom stereocenters. The number of benzene rings is 3. The minimum absolute atomic E-state index is 0.0728. The highest BCUT2D eigenvalue weighted by atomic mass is 16.5. The lowest BCUT2D eigenvalue weighted by Crippen LogP contribution is -2.24. The summed E-state index contributed by atoms with van der Waals surface area (Å²) < 4.78 is 5.65. The number of amides is 1. The predicted molar refractivity (Wildman–Crippen MR) is 106 cm³/mol. The van der Waals surface area contributed by atoms with E-state index < -0.39 is 0 Å². The van der Waals surface area contributed by atoms with Crippen molar-refractivity contribution >= 4 is 22.9 Å². The highest BCUT2D eigenvalue weighted by Crippen LogP contribution is 2.25. The van der Waals surface area contributed by atoms with Crippen molar-refractivity contribution in [3.63, 3.8) is 0 Å². The highest BCUT2D eigenvalue weighted by molar-refractivity contribution is 5.99. The van der Waals surface area contributed by atoms with Gasteiger partial charge in [-0.15, -0.1) is 0 Å². The molecule has 3 rings (SSSR count). The first-order chi connectivity index (χ1) is 12.6. The van der Waals surface area contributed by atoms with Crippen molar-refractivity contribution in [3.8, 4) is 5.75 Å². The van der Waals surface area contributed by atoms with Gasteiger partial charge in [0.25, 0.3) is 5.91 Å². The van der Waals surface area contributed by atoms with Crippen molar-refractivity contribution in [3.05, 3.63) is 77.9 Å². The molecule has 1 N–H and O–H groups in total. The maximum Gasteiger partial charge on any atom is 0.277 e. The van der Waals surface area contributed by atoms with Gasteiger partial charge >= 0.3 is 0 Å². The van der Waals surface area contributed by atoms with Crippen molar-refractivity contribution in [2.24, 2.45) is 5.10 Å². The summed E-state index contributed by atoms with van der Waals surface area (Å²) in [6.45, 7) is 4.12. The van der Waals surface area contributed by atoms with Crippen LogP contribution in [0, 0.1) is 0 Å². The van der Waals surface area contributed by atoms with Crippen molar-refractivity contribution in [1.82, 2.24) is 5.43 Å². The Hall–Kier alpha value is -3.14. The van der Waals surface area contributed by atoms with Crippen LogP contribution in [0.15, 0.2) is 71.8 Å². The third-order valence-electron chi connectivity index (χ3n) is 4.12. The number of carbonyl (C=O) groups is 1. The van der Waals surface area contributed by atoms with Gasteiger partial charge in [-0.1, -0.05) is 74.5 Å². The van der Waals surface area contributed by atoms with E-state index in [0.29, 0.717) is 5.92 Å². The number of fused-ring (bicyclic) bond motifs is 1. The molecule has 0 saturated carbocycles. The summed E-state index contributed by atoms with van der Waals surface area (Å²) in [7, 11) is 0. The molecule has 0 saturated heterocycles. The second-order valence-corrected chi connectivity index (χ2v) is 6.34. The van der Waals surface area contributed by atoms with Crippen LogP contribution in [0.1, 0.15) is 30.9 Å². The predicted octanol–water partition coefficient (Wildman–Crippen LogP) is 4.49. The maximum atomic E-state index is 12.0. The van der Waals surface area contributed by atoms with Gasteiger partial charge in [-0.25, -0.2) is 5.43 Å². The molecular weight excluding hydrogens is 324 g/mol. The molecule has 0 radical (unpaired) electrons. The monoisotopic (exact) mass is 346 g/mol. The third-order valence-corrected chi connectivity index (χ3v) is 4.12. The molecule has 0 atom stereocenters. The van der Waals surface area contributed by atoms with Gasteiger partial charge in [0.2, 0.25) is 0 Å². The lowest BCUT2D eigenvalue weighted by atomic mass is 10.0. The summed E-state index contributed by atoms with van der Waals surface area (Å²) in [5.74, 6) is 0.773. The van der Waals surface area contributed by atoms with Gasteiger partial charge in [-0.05, 0) is 28.3 Å². The molecule has 0 fully saturated rings. The number of carbonyl (C=O) groups excluding carboxylic acids is 1. The molecular formula is C22H22N2O2. The van der Waals surface area contributed by atoms with Gasteiger partial charge < -0.3 is 4.74 Å². The molecule has 3 aromatic rings. The van der Waals surface area contributed by atoms with E-state index in [2.05, 4.69) is 24.4 Å². The fourth-order valence-electron chi connectivity index (χ4n) is 2.80. The van der Waals surface area contributed by atoms with E-state index in [1.54, 1.807) is 6.21 Å². The molecule has 4 heteroatoms. The van der Waals surface area contributed by atoms with E-state index in [-0.39, 0.29) is 12.5 Å². The molecule has 0 aliphatic carbocycles. The number of hydrazone groups is 1. The Morgan fingerprint density at radius 1 is 1.04 bits per heavy atom. The zero-order valence-corrected chi connectivity index (χ0v) is 15.0. The number of nitrogens with one attached hydrogen (secondary N) is 1. The minimum atomic E-state index is -0.292. The standard InChI is InChI=1S/C22H22N2O2/c1-16(2)19-11-5-6-13-21(19)26-15-22(25)24-23-14-18-10-7-9-17-8-3-4-12-20(17)18/h3-14,16H,15H2,1-2H3,(H,24,25). The van der Waals surface area contributed by atoms with Gasteiger partial charge in [0, 0.05) is 5.56 Å². The average molecular weight is 346 g/mol. The van der Waals surface area contributed by atoms with Crippen LogP contribution in [-0.2, 0) is 4.79 Å². The second kappa shape index (κ2) is 8.30. The number of para-hydroxylation sites is 1. The van der Waals surface area contributed by atoms with Crippen molar-refractivity contribution in [1.29, 1.82) is 0 Å². The Morgan fingerprint density at radius 3 is 2.62 bits per heavy atom. The Labute approximate surface area is 153 Å². The summed E-state index contributed by atoms with van der Waals surface area (Å²) in [5.41, 5.74) is 4.56. The van der Waals surface area contributed by atoms with Gasteiger partial charge in [-0.3, -0.25) is 4.79 Å². The van der Waals surface area contributed by atoms with Gasteiger partial charge in [0.05, 0.1) is 6.21 Å². The highest BCUT2D eigenvalue weighted by Gasteiger charge is 2.08. The zero-order chi connectivity index (χ0) is 18.4. The van der Waals surface area contributed by atoms with Crippen LogP contribution < -0.4 is 10.2 Å². The van der Waals surface area contributed by atoms with E-state index in [1.165, 1.54) is 0 Å². The minimum Gasteiger partial charge on any atom is -0.483 e. The second-order valence-electron chi connectivity index (χ2n) is 6.34. The Bertz CT molecular complexity index is 927. The zero-order valence-electron chi connectivity index (χ0n) is 15.0. The van der Waals surface area contributed by atoms with Crippen LogP contribution in [0.25, 0.3) is 10.8 Å². The quantitative estimate of drug-likeness (QED) is 0.528. The molecule has 132 valence electrons. The largest absolute Gasteiger partial charge is 0.483 e. The summed E-state index contributed by atoms with van der Waals surface area (Å²) in [6.07, 6.45) is 1.66. The van der Waals surface area contributed by atoms with E-state index in [1.807, 2.05) is 66.7 Å². The lowest BCUT2D eigenvalue weighted by Gasteiger charge is -2.13. The van der Waals surface area contributed by atoms with E-state index in [9.17, 15) is 4.79 Å². The van der Waals surface area contributed by atoms with Crippen molar-refractivity contribution in [2.45, 2.75) is 19.8 Å². The smallest absolute Gasteiger partial charge is 0.277 e. The van der Waals surface area contributed by atoms with Crippen LogP contribution in [0.2, 0.25) is 0 Å².